The topological polar surface area (TPSA) is 49.6 Å². The van der Waals surface area contributed by atoms with Crippen molar-refractivity contribution in [3.8, 4) is 0 Å². The van der Waals surface area contributed by atoms with Crippen molar-refractivity contribution in [1.29, 1.82) is 0 Å². The van der Waals surface area contributed by atoms with Crippen molar-refractivity contribution in [3.05, 3.63) is 30.5 Å². The largest absolute Gasteiger partial charge is 0.397 e. The molecular formula is C12H17N3O. The summed E-state index contributed by atoms with van der Waals surface area (Å²) in [5, 5.41) is 0. The van der Waals surface area contributed by atoms with Crippen LogP contribution in [0.1, 0.15) is 6.92 Å². The summed E-state index contributed by atoms with van der Waals surface area (Å²) in [5.41, 5.74) is 8.89. The molecule has 0 unspecified atom stereocenters. The molecule has 0 fully saturated rings. The normalized spacial score (nSPS) is 9.69. The second kappa shape index (κ2) is 4.70. The van der Waals surface area contributed by atoms with E-state index in [9.17, 15) is 4.79 Å². The maximum atomic E-state index is 10.8. The summed E-state index contributed by atoms with van der Waals surface area (Å²) < 4.78 is 0. The lowest BCUT2D eigenvalue weighted by Gasteiger charge is -2.26. The fourth-order valence-electron chi connectivity index (χ4n) is 1.46. The first kappa shape index (κ1) is 12.1. The SMILES string of the molecule is C=C(C)N(C)c1cccc(N)c1N(C)C=O. The van der Waals surface area contributed by atoms with E-state index in [1.54, 1.807) is 13.1 Å². The Balaban J connectivity index is 3.33. The Kier molecular flexibility index (Phi) is 3.55. The highest BCUT2D eigenvalue weighted by Crippen LogP contribution is 2.34. The number of rotatable bonds is 4. The van der Waals surface area contributed by atoms with Crippen molar-refractivity contribution in [2.24, 2.45) is 0 Å². The van der Waals surface area contributed by atoms with E-state index < -0.39 is 0 Å². The highest BCUT2D eigenvalue weighted by molar-refractivity contribution is 5.91. The van der Waals surface area contributed by atoms with Crippen molar-refractivity contribution >= 4 is 23.5 Å². The lowest BCUT2D eigenvalue weighted by molar-refractivity contribution is -0.107. The van der Waals surface area contributed by atoms with Gasteiger partial charge in [0.25, 0.3) is 0 Å². The van der Waals surface area contributed by atoms with Crippen LogP contribution < -0.4 is 15.5 Å². The van der Waals surface area contributed by atoms with Crippen LogP contribution in [0.25, 0.3) is 0 Å². The minimum absolute atomic E-state index is 0.570. The number of nitrogens with two attached hydrogens (primary N) is 1. The molecule has 1 amide bonds. The molecule has 4 heteroatoms. The maximum Gasteiger partial charge on any atom is 0.213 e. The summed E-state index contributed by atoms with van der Waals surface area (Å²) in [7, 11) is 3.56. The molecule has 0 aliphatic rings. The number of amides is 1. The average molecular weight is 219 g/mol. The summed E-state index contributed by atoms with van der Waals surface area (Å²) in [5.74, 6) is 0. The standard InChI is InChI=1S/C12H17N3O/c1-9(2)15(4)11-7-5-6-10(13)12(11)14(3)8-16/h5-8H,1,13H2,2-4H3. The van der Waals surface area contributed by atoms with Gasteiger partial charge in [0.15, 0.2) is 0 Å². The van der Waals surface area contributed by atoms with Gasteiger partial charge in [0, 0.05) is 19.8 Å². The molecule has 0 atom stereocenters. The maximum absolute atomic E-state index is 10.8. The summed E-state index contributed by atoms with van der Waals surface area (Å²) >= 11 is 0. The van der Waals surface area contributed by atoms with E-state index in [-0.39, 0.29) is 0 Å². The minimum Gasteiger partial charge on any atom is -0.397 e. The first-order valence-corrected chi connectivity index (χ1v) is 4.95. The van der Waals surface area contributed by atoms with Gasteiger partial charge < -0.3 is 15.5 Å². The van der Waals surface area contributed by atoms with Gasteiger partial charge in [-0.3, -0.25) is 4.79 Å². The zero-order valence-corrected chi connectivity index (χ0v) is 9.90. The van der Waals surface area contributed by atoms with Gasteiger partial charge in [-0.15, -0.1) is 0 Å². The zero-order valence-electron chi connectivity index (χ0n) is 9.90. The van der Waals surface area contributed by atoms with Gasteiger partial charge in [-0.25, -0.2) is 0 Å². The number of para-hydroxylation sites is 1. The summed E-state index contributed by atoms with van der Waals surface area (Å²) in [4.78, 5) is 14.2. The molecule has 0 saturated heterocycles. The van der Waals surface area contributed by atoms with E-state index in [2.05, 4.69) is 6.58 Å². The number of hydrogen-bond donors (Lipinski definition) is 1. The summed E-state index contributed by atoms with van der Waals surface area (Å²) in [6, 6.07) is 5.53. The number of allylic oxidation sites excluding steroid dienone is 1. The molecule has 0 heterocycles. The highest BCUT2D eigenvalue weighted by Gasteiger charge is 2.13. The van der Waals surface area contributed by atoms with Gasteiger partial charge in [0.05, 0.1) is 17.1 Å². The van der Waals surface area contributed by atoms with Gasteiger partial charge in [-0.1, -0.05) is 12.6 Å². The van der Waals surface area contributed by atoms with Crippen LogP contribution >= 0.6 is 0 Å². The first-order chi connectivity index (χ1) is 7.49. The van der Waals surface area contributed by atoms with Gasteiger partial charge in [0.2, 0.25) is 6.41 Å². The van der Waals surface area contributed by atoms with Crippen molar-refractivity contribution in [1.82, 2.24) is 0 Å². The number of anilines is 3. The van der Waals surface area contributed by atoms with E-state index in [1.165, 1.54) is 4.90 Å². The molecule has 0 aliphatic heterocycles. The Morgan fingerprint density at radius 1 is 1.44 bits per heavy atom. The molecule has 0 saturated carbocycles. The van der Waals surface area contributed by atoms with Crippen LogP contribution in [0.15, 0.2) is 30.5 Å². The predicted octanol–water partition coefficient (Wildman–Crippen LogP) is 1.83. The fraction of sp³-hybridized carbons (Fsp3) is 0.250. The monoisotopic (exact) mass is 219 g/mol. The van der Waals surface area contributed by atoms with Crippen LogP contribution in [0.3, 0.4) is 0 Å². The van der Waals surface area contributed by atoms with Crippen LogP contribution in [0, 0.1) is 0 Å². The summed E-state index contributed by atoms with van der Waals surface area (Å²) in [6.07, 6.45) is 0.738. The highest BCUT2D eigenvalue weighted by atomic mass is 16.1. The van der Waals surface area contributed by atoms with Gasteiger partial charge in [-0.2, -0.15) is 0 Å². The van der Waals surface area contributed by atoms with E-state index in [4.69, 9.17) is 5.73 Å². The van der Waals surface area contributed by atoms with Crippen LogP contribution in [0.5, 0.6) is 0 Å². The van der Waals surface area contributed by atoms with Crippen LogP contribution in [0.4, 0.5) is 17.1 Å². The lowest BCUT2D eigenvalue weighted by atomic mass is 10.2. The Hall–Kier alpha value is -1.97. The van der Waals surface area contributed by atoms with Crippen molar-refractivity contribution in [2.75, 3.05) is 29.6 Å². The Morgan fingerprint density at radius 2 is 2.06 bits per heavy atom. The second-order valence-electron chi connectivity index (χ2n) is 3.73. The number of benzene rings is 1. The predicted molar refractivity (Wildman–Crippen MR) is 68.5 cm³/mol. The quantitative estimate of drug-likeness (QED) is 0.621. The summed E-state index contributed by atoms with van der Waals surface area (Å²) in [6.45, 7) is 5.76. The molecule has 16 heavy (non-hydrogen) atoms. The third-order valence-electron chi connectivity index (χ3n) is 2.49. The Morgan fingerprint density at radius 3 is 2.56 bits per heavy atom. The molecule has 0 bridgehead atoms. The molecule has 4 nitrogen and oxygen atoms in total. The van der Waals surface area contributed by atoms with Crippen LogP contribution in [-0.2, 0) is 4.79 Å². The van der Waals surface area contributed by atoms with Crippen molar-refractivity contribution in [3.63, 3.8) is 0 Å². The number of carbonyl (C=O) groups excluding carboxylic acids is 1. The van der Waals surface area contributed by atoms with Gasteiger partial charge in [-0.05, 0) is 19.1 Å². The molecule has 0 spiro atoms. The minimum atomic E-state index is 0.570. The Bertz CT molecular complexity index is 415. The third-order valence-corrected chi connectivity index (χ3v) is 2.49. The molecule has 0 aliphatic carbocycles. The average Bonchev–Trinajstić information content (AvgIpc) is 2.26. The van der Waals surface area contributed by atoms with Crippen LogP contribution in [-0.4, -0.2) is 20.5 Å². The molecule has 1 aromatic rings. The number of nitrogens with zero attached hydrogens (tertiary/aromatic N) is 2. The molecule has 2 N–H and O–H groups in total. The van der Waals surface area contributed by atoms with Gasteiger partial charge in [0.1, 0.15) is 0 Å². The lowest BCUT2D eigenvalue weighted by Crippen LogP contribution is -2.21. The molecule has 86 valence electrons. The second-order valence-corrected chi connectivity index (χ2v) is 3.73. The molecule has 0 aromatic heterocycles. The fourth-order valence-corrected chi connectivity index (χ4v) is 1.46. The van der Waals surface area contributed by atoms with Crippen molar-refractivity contribution < 1.29 is 4.79 Å². The van der Waals surface area contributed by atoms with Crippen molar-refractivity contribution in [2.45, 2.75) is 6.92 Å². The van der Waals surface area contributed by atoms with Crippen LogP contribution in [0.2, 0.25) is 0 Å². The van der Waals surface area contributed by atoms with E-state index >= 15 is 0 Å². The first-order valence-electron chi connectivity index (χ1n) is 4.95. The number of carbonyl (C=O) groups is 1. The molecule has 0 radical (unpaired) electrons. The van der Waals surface area contributed by atoms with E-state index in [0.29, 0.717) is 11.4 Å². The van der Waals surface area contributed by atoms with Gasteiger partial charge >= 0.3 is 0 Å². The molecule has 1 rings (SSSR count). The molecular weight excluding hydrogens is 202 g/mol. The Labute approximate surface area is 96.0 Å². The third kappa shape index (κ3) is 2.16. The van der Waals surface area contributed by atoms with E-state index in [1.807, 2.05) is 31.0 Å². The smallest absolute Gasteiger partial charge is 0.213 e. The number of hydrogen-bond acceptors (Lipinski definition) is 3. The van der Waals surface area contributed by atoms with E-state index in [0.717, 1.165) is 17.8 Å². The zero-order chi connectivity index (χ0) is 12.3. The number of nitrogen functional groups attached to an aromatic ring is 1. The molecule has 1 aromatic carbocycles.